The molecule has 7 heteroatoms. The van der Waals surface area contributed by atoms with Gasteiger partial charge in [-0.1, -0.05) is 6.92 Å². The van der Waals surface area contributed by atoms with Crippen LogP contribution in [-0.2, 0) is 9.53 Å². The number of hydrogen-bond donors (Lipinski definition) is 2. The van der Waals surface area contributed by atoms with Gasteiger partial charge in [0.2, 0.25) is 0 Å². The predicted octanol–water partition coefficient (Wildman–Crippen LogP) is 1.62. The number of halogens is 3. The lowest BCUT2D eigenvalue weighted by Crippen LogP contribution is -2.57. The molecular weight excluding hydrogens is 263 g/mol. The number of methoxy groups -OCH3 is 1. The summed E-state index contributed by atoms with van der Waals surface area (Å²) in [5.74, 6) is -0.124. The van der Waals surface area contributed by atoms with E-state index in [1.807, 2.05) is 6.92 Å². The molecule has 1 aliphatic rings. The molecule has 4 nitrogen and oxygen atoms in total. The summed E-state index contributed by atoms with van der Waals surface area (Å²) >= 11 is 0. The van der Waals surface area contributed by atoms with Crippen LogP contribution in [0.15, 0.2) is 0 Å². The molecule has 0 heterocycles. The van der Waals surface area contributed by atoms with E-state index >= 15 is 0 Å². The van der Waals surface area contributed by atoms with E-state index in [1.165, 1.54) is 7.11 Å². The topological polar surface area (TPSA) is 58.6 Å². The summed E-state index contributed by atoms with van der Waals surface area (Å²) in [7, 11) is 1.21. The van der Waals surface area contributed by atoms with Gasteiger partial charge in [-0.3, -0.25) is 10.1 Å². The second-order valence-corrected chi connectivity index (χ2v) is 5.19. The summed E-state index contributed by atoms with van der Waals surface area (Å²) in [5, 5.41) is 11.6. The highest BCUT2D eigenvalue weighted by Gasteiger charge is 2.45. The highest BCUT2D eigenvalue weighted by atomic mass is 19.4. The molecule has 19 heavy (non-hydrogen) atoms. The average molecular weight is 283 g/mol. The molecule has 0 saturated heterocycles. The molecule has 0 radical (unpaired) electrons. The van der Waals surface area contributed by atoms with Crippen molar-refractivity contribution < 1.29 is 27.8 Å². The molecule has 1 saturated carbocycles. The summed E-state index contributed by atoms with van der Waals surface area (Å²) in [6.07, 6.45) is -4.84. The maximum absolute atomic E-state index is 12.3. The average Bonchev–Trinajstić information content (AvgIpc) is 2.36. The third-order valence-electron chi connectivity index (χ3n) is 3.72. The molecule has 0 aliphatic heterocycles. The van der Waals surface area contributed by atoms with Gasteiger partial charge in [0.25, 0.3) is 0 Å². The maximum Gasteiger partial charge on any atom is 0.415 e. The lowest BCUT2D eigenvalue weighted by Gasteiger charge is -2.38. The molecule has 1 rings (SSSR count). The quantitative estimate of drug-likeness (QED) is 0.770. The molecule has 0 spiro atoms. The van der Waals surface area contributed by atoms with Crippen molar-refractivity contribution in [1.29, 1.82) is 0 Å². The van der Waals surface area contributed by atoms with Gasteiger partial charge in [0.15, 0.2) is 6.10 Å². The fourth-order valence-corrected chi connectivity index (χ4v) is 2.31. The van der Waals surface area contributed by atoms with E-state index in [2.05, 4.69) is 10.1 Å². The van der Waals surface area contributed by atoms with Gasteiger partial charge in [0.1, 0.15) is 5.54 Å². The minimum Gasteiger partial charge on any atom is -0.468 e. The Balaban J connectivity index is 2.69. The van der Waals surface area contributed by atoms with Crippen molar-refractivity contribution in [3.8, 4) is 0 Å². The van der Waals surface area contributed by atoms with Crippen LogP contribution in [0.2, 0.25) is 0 Å². The number of rotatable bonds is 4. The van der Waals surface area contributed by atoms with Gasteiger partial charge in [-0.25, -0.2) is 0 Å². The zero-order chi connectivity index (χ0) is 14.7. The first kappa shape index (κ1) is 16.2. The zero-order valence-corrected chi connectivity index (χ0v) is 11.1. The molecule has 112 valence electrons. The number of aliphatic hydroxyl groups excluding tert-OH is 1. The first-order valence-electron chi connectivity index (χ1n) is 6.29. The first-order valence-corrected chi connectivity index (χ1v) is 6.29. The summed E-state index contributed by atoms with van der Waals surface area (Å²) in [6.45, 7) is 1.33. The number of carbonyl (C=O) groups is 1. The molecule has 1 aliphatic carbocycles. The van der Waals surface area contributed by atoms with E-state index in [9.17, 15) is 18.0 Å². The Hall–Kier alpha value is -0.820. The Morgan fingerprint density at radius 2 is 2.00 bits per heavy atom. The van der Waals surface area contributed by atoms with Crippen molar-refractivity contribution in [2.75, 3.05) is 13.7 Å². The second-order valence-electron chi connectivity index (χ2n) is 5.19. The number of hydrogen-bond acceptors (Lipinski definition) is 4. The summed E-state index contributed by atoms with van der Waals surface area (Å²) in [4.78, 5) is 11.8. The molecular formula is C12H20F3NO3. The van der Waals surface area contributed by atoms with Gasteiger partial charge >= 0.3 is 12.1 Å². The molecule has 1 atom stereocenters. The molecule has 1 fully saturated rings. The van der Waals surface area contributed by atoms with Crippen molar-refractivity contribution in [3.05, 3.63) is 0 Å². The number of aliphatic hydroxyl groups is 1. The lowest BCUT2D eigenvalue weighted by atomic mass is 9.77. The number of ether oxygens (including phenoxy) is 1. The fourth-order valence-electron chi connectivity index (χ4n) is 2.31. The second kappa shape index (κ2) is 6.09. The summed E-state index contributed by atoms with van der Waals surface area (Å²) < 4.78 is 41.5. The SMILES string of the molecule is COC(=O)C1(NC[C@@H](O)C(F)(F)F)CCC(C)CC1. The standard InChI is InChI=1S/C12H20F3NO3/c1-8-3-5-11(6-4-8,10(18)19-2)16-7-9(17)12(13,14)15/h8-9,16-17H,3-7H2,1-2H3/t8?,9-,11?/m1/s1. The van der Waals surface area contributed by atoms with Crippen molar-refractivity contribution in [2.24, 2.45) is 5.92 Å². The van der Waals surface area contributed by atoms with Crippen LogP contribution in [0.3, 0.4) is 0 Å². The Morgan fingerprint density at radius 3 is 2.42 bits per heavy atom. The smallest absolute Gasteiger partial charge is 0.415 e. The van der Waals surface area contributed by atoms with E-state index in [0.717, 1.165) is 12.8 Å². The monoisotopic (exact) mass is 283 g/mol. The van der Waals surface area contributed by atoms with Crippen molar-refractivity contribution in [1.82, 2.24) is 5.32 Å². The number of alkyl halides is 3. The molecule has 0 aromatic rings. The number of carbonyl (C=O) groups excluding carboxylic acids is 1. The van der Waals surface area contributed by atoms with Crippen LogP contribution in [0.4, 0.5) is 13.2 Å². The highest BCUT2D eigenvalue weighted by Crippen LogP contribution is 2.33. The molecule has 0 aromatic carbocycles. The van der Waals surface area contributed by atoms with Crippen LogP contribution in [0, 0.1) is 5.92 Å². The minimum atomic E-state index is -4.69. The normalized spacial score (nSPS) is 29.9. The highest BCUT2D eigenvalue weighted by molar-refractivity contribution is 5.80. The van der Waals surface area contributed by atoms with Gasteiger partial charge < -0.3 is 9.84 Å². The van der Waals surface area contributed by atoms with Gasteiger partial charge in [-0.05, 0) is 31.6 Å². The summed E-state index contributed by atoms with van der Waals surface area (Å²) in [6, 6.07) is 0. The molecule has 0 aromatic heterocycles. The van der Waals surface area contributed by atoms with E-state index < -0.39 is 30.3 Å². The van der Waals surface area contributed by atoms with Gasteiger partial charge in [0.05, 0.1) is 7.11 Å². The van der Waals surface area contributed by atoms with Gasteiger partial charge in [-0.2, -0.15) is 13.2 Å². The van der Waals surface area contributed by atoms with E-state index in [-0.39, 0.29) is 0 Å². The van der Waals surface area contributed by atoms with Crippen LogP contribution in [0.25, 0.3) is 0 Å². The third kappa shape index (κ3) is 4.07. The maximum atomic E-state index is 12.3. The van der Waals surface area contributed by atoms with E-state index in [0.29, 0.717) is 18.8 Å². The van der Waals surface area contributed by atoms with Crippen molar-refractivity contribution in [3.63, 3.8) is 0 Å². The van der Waals surface area contributed by atoms with Crippen molar-refractivity contribution >= 4 is 5.97 Å². The molecule has 0 amide bonds. The van der Waals surface area contributed by atoms with E-state index in [1.54, 1.807) is 0 Å². The Bertz CT molecular complexity index is 312. The largest absolute Gasteiger partial charge is 0.468 e. The molecule has 0 bridgehead atoms. The van der Waals surface area contributed by atoms with Gasteiger partial charge in [-0.15, -0.1) is 0 Å². The van der Waals surface area contributed by atoms with Gasteiger partial charge in [0, 0.05) is 6.54 Å². The Morgan fingerprint density at radius 1 is 1.47 bits per heavy atom. The van der Waals surface area contributed by atoms with Crippen LogP contribution >= 0.6 is 0 Å². The molecule has 2 N–H and O–H groups in total. The van der Waals surface area contributed by atoms with Crippen LogP contribution in [-0.4, -0.2) is 42.5 Å². The summed E-state index contributed by atoms with van der Waals surface area (Å²) in [5.41, 5.74) is -1.10. The number of β-amino-alcohol motifs (C(OH)–C–C–N with tert-alkyl or cyclic N) is 1. The first-order chi connectivity index (χ1) is 8.71. The zero-order valence-electron chi connectivity index (χ0n) is 11.1. The minimum absolute atomic E-state index is 0.422. The predicted molar refractivity (Wildman–Crippen MR) is 62.4 cm³/mol. The van der Waals surface area contributed by atoms with Crippen LogP contribution in [0.1, 0.15) is 32.6 Å². The fraction of sp³-hybridized carbons (Fsp3) is 0.917. The Kier molecular flexibility index (Phi) is 5.20. The Labute approximate surface area is 110 Å². The molecule has 0 unspecified atom stereocenters. The lowest BCUT2D eigenvalue weighted by molar-refractivity contribution is -0.203. The number of nitrogens with one attached hydrogen (secondary N) is 1. The number of esters is 1. The van der Waals surface area contributed by atoms with Crippen molar-refractivity contribution in [2.45, 2.75) is 50.4 Å². The van der Waals surface area contributed by atoms with Crippen LogP contribution in [0.5, 0.6) is 0 Å². The van der Waals surface area contributed by atoms with E-state index in [4.69, 9.17) is 5.11 Å². The van der Waals surface area contributed by atoms with Crippen LogP contribution < -0.4 is 5.32 Å². The third-order valence-corrected chi connectivity index (χ3v) is 3.72.